The van der Waals surface area contributed by atoms with Crippen LogP contribution in [-0.4, -0.2) is 45.3 Å². The lowest BCUT2D eigenvalue weighted by Gasteiger charge is -2.34. The van der Waals surface area contributed by atoms with Gasteiger partial charge >= 0.3 is 5.97 Å². The van der Waals surface area contributed by atoms with E-state index < -0.39 is 24.2 Å². The van der Waals surface area contributed by atoms with Gasteiger partial charge in [-0.3, -0.25) is 9.29 Å². The molecule has 1 atom stereocenters. The highest BCUT2D eigenvalue weighted by atomic mass is 35.5. The highest BCUT2D eigenvalue weighted by Gasteiger charge is 2.44. The third-order valence-corrected chi connectivity index (χ3v) is 9.88. The molecule has 7 rings (SSSR count). The first kappa shape index (κ1) is 29.3. The molecule has 44 heavy (non-hydrogen) atoms. The normalized spacial score (nSPS) is 19.8. The molecule has 0 amide bonds. The minimum Gasteiger partial charge on any atom is -0.480 e. The number of carboxylic acids is 1. The van der Waals surface area contributed by atoms with Gasteiger partial charge in [-0.05, 0) is 92.7 Å². The fourth-order valence-corrected chi connectivity index (χ4v) is 7.03. The molecule has 1 aromatic heterocycles. The van der Waals surface area contributed by atoms with E-state index in [1.54, 1.807) is 42.5 Å². The summed E-state index contributed by atoms with van der Waals surface area (Å²) in [6, 6.07) is 15.7. The molecule has 1 saturated heterocycles. The van der Waals surface area contributed by atoms with E-state index >= 15 is 4.39 Å². The molecule has 0 spiro atoms. The van der Waals surface area contributed by atoms with E-state index in [-0.39, 0.29) is 17.3 Å². The molecule has 3 aromatic carbocycles. The van der Waals surface area contributed by atoms with Crippen molar-refractivity contribution in [2.75, 3.05) is 19.8 Å². The molecule has 3 aliphatic rings. The molecule has 4 aromatic rings. The molecule has 228 valence electrons. The van der Waals surface area contributed by atoms with Gasteiger partial charge in [0.25, 0.3) is 0 Å². The maximum atomic E-state index is 15.4. The number of alkyl halides is 1. The average Bonchev–Trinajstić information content (AvgIpc) is 3.72. The van der Waals surface area contributed by atoms with Crippen molar-refractivity contribution in [3.05, 3.63) is 98.8 Å². The predicted octanol–water partition coefficient (Wildman–Crippen LogP) is 8.61. The molecule has 1 N–H and O–H groups in total. The number of fused-ring (bicyclic) bond motifs is 2. The predicted molar refractivity (Wildman–Crippen MR) is 167 cm³/mol. The largest absolute Gasteiger partial charge is 0.480 e. The number of para-hydroxylation sites is 1. The Bertz CT molecular complexity index is 1790. The van der Waals surface area contributed by atoms with Crippen LogP contribution in [0.25, 0.3) is 16.9 Å². The van der Waals surface area contributed by atoms with Gasteiger partial charge in [0, 0.05) is 27.6 Å². The van der Waals surface area contributed by atoms with Crippen molar-refractivity contribution in [3.63, 3.8) is 0 Å². The number of benzene rings is 3. The molecule has 1 aliphatic carbocycles. The molecule has 2 fully saturated rings. The molecule has 0 unspecified atom stereocenters. The number of piperidine rings is 1. The first-order chi connectivity index (χ1) is 21.2. The van der Waals surface area contributed by atoms with Gasteiger partial charge in [-0.2, -0.15) is 0 Å². The van der Waals surface area contributed by atoms with Crippen LogP contribution in [-0.2, 0) is 13.1 Å². The van der Waals surface area contributed by atoms with E-state index in [9.17, 15) is 14.3 Å². The van der Waals surface area contributed by atoms with Gasteiger partial charge in [0.15, 0.2) is 0 Å². The smallest absolute Gasteiger partial charge is 0.335 e. The van der Waals surface area contributed by atoms with E-state index in [0.29, 0.717) is 45.5 Å². The van der Waals surface area contributed by atoms with Crippen LogP contribution >= 0.6 is 23.2 Å². The lowest BCUT2D eigenvalue weighted by molar-refractivity contribution is 0.0697. The zero-order chi connectivity index (χ0) is 30.6. The molecule has 1 saturated carbocycles. The lowest BCUT2D eigenvalue weighted by Crippen LogP contribution is -2.34. The third-order valence-electron chi connectivity index (χ3n) is 9.32. The quantitative estimate of drug-likeness (QED) is 0.209. The van der Waals surface area contributed by atoms with E-state index in [2.05, 4.69) is 4.90 Å². The van der Waals surface area contributed by atoms with Crippen LogP contribution in [0.4, 0.5) is 8.78 Å². The van der Waals surface area contributed by atoms with Gasteiger partial charge in [-0.1, -0.05) is 41.4 Å². The van der Waals surface area contributed by atoms with Crippen LogP contribution in [0.15, 0.2) is 60.7 Å². The molecule has 10 heteroatoms. The average molecular weight is 639 g/mol. The lowest BCUT2D eigenvalue weighted by atomic mass is 9.86. The summed E-state index contributed by atoms with van der Waals surface area (Å²) in [7, 11) is 0. The first-order valence-electron chi connectivity index (χ1n) is 14.9. The fraction of sp³-hybridized carbons (Fsp3) is 0.353. The van der Waals surface area contributed by atoms with Crippen molar-refractivity contribution in [1.82, 2.24) is 14.5 Å². The number of hydrogen-bond acceptors (Lipinski definition) is 4. The standard InChI is InChI=1S/C34H31Cl2F2N3O3/c35-22-5-6-24(26(36)15-22)30-16-27(38)25-3-1-2-23(32(25)44-30)20-8-12-40(13-9-20)17-31-39-28-7-4-21(33(42)43)14-29(28)41(31)19-34(18-37)10-11-34/h1-7,14-16,20,30H,8-13,17-19H2,(H,42,43)/t30-/m0/s1. The maximum Gasteiger partial charge on any atom is 0.335 e. The Morgan fingerprint density at radius 1 is 1.07 bits per heavy atom. The molecule has 6 nitrogen and oxygen atoms in total. The summed E-state index contributed by atoms with van der Waals surface area (Å²) in [6.07, 6.45) is 4.10. The van der Waals surface area contributed by atoms with Gasteiger partial charge in [0.1, 0.15) is 23.5 Å². The number of rotatable bonds is 8. The zero-order valence-corrected chi connectivity index (χ0v) is 25.4. The van der Waals surface area contributed by atoms with Gasteiger partial charge in [0.05, 0.1) is 35.4 Å². The minimum absolute atomic E-state index is 0.173. The summed E-state index contributed by atoms with van der Waals surface area (Å²) in [6.45, 7) is 2.23. The summed E-state index contributed by atoms with van der Waals surface area (Å²) in [5.74, 6) is 0.204. The fourth-order valence-electron chi connectivity index (χ4n) is 6.52. The number of ether oxygens (including phenoxy) is 1. The van der Waals surface area contributed by atoms with Crippen molar-refractivity contribution in [2.24, 2.45) is 5.41 Å². The second-order valence-electron chi connectivity index (χ2n) is 12.2. The first-order valence-corrected chi connectivity index (χ1v) is 15.6. The Hall–Kier alpha value is -3.46. The van der Waals surface area contributed by atoms with E-state index in [4.69, 9.17) is 32.9 Å². The highest BCUT2D eigenvalue weighted by Crippen LogP contribution is 2.49. The van der Waals surface area contributed by atoms with Crippen molar-refractivity contribution in [1.29, 1.82) is 0 Å². The Labute approximate surface area is 263 Å². The van der Waals surface area contributed by atoms with Gasteiger partial charge in [-0.25, -0.2) is 14.2 Å². The van der Waals surface area contributed by atoms with Gasteiger partial charge in [-0.15, -0.1) is 0 Å². The second-order valence-corrected chi connectivity index (χ2v) is 13.1. The minimum atomic E-state index is -1.00. The zero-order valence-electron chi connectivity index (χ0n) is 23.9. The number of hydrogen-bond donors (Lipinski definition) is 1. The van der Waals surface area contributed by atoms with E-state index in [1.165, 1.54) is 6.08 Å². The number of nitrogens with zero attached hydrogens (tertiary/aromatic N) is 3. The molecule has 0 radical (unpaired) electrons. The van der Waals surface area contributed by atoms with Crippen molar-refractivity contribution < 1.29 is 23.4 Å². The number of likely N-dealkylation sites (tertiary alicyclic amines) is 1. The SMILES string of the molecule is O=C(O)c1ccc2nc(CN3CCC(c4cccc5c4O[C@H](c4ccc(Cl)cc4Cl)C=C5F)CC3)n(CC3(CF)CC3)c2c1. The van der Waals surface area contributed by atoms with Crippen molar-refractivity contribution in [3.8, 4) is 5.75 Å². The van der Waals surface area contributed by atoms with Crippen molar-refractivity contribution >= 4 is 46.0 Å². The highest BCUT2D eigenvalue weighted by molar-refractivity contribution is 6.35. The Morgan fingerprint density at radius 2 is 1.86 bits per heavy atom. The molecule has 3 heterocycles. The topological polar surface area (TPSA) is 67.6 Å². The van der Waals surface area contributed by atoms with Crippen molar-refractivity contribution in [2.45, 2.75) is 50.8 Å². The Morgan fingerprint density at radius 3 is 2.57 bits per heavy atom. The molecular weight excluding hydrogens is 607 g/mol. The van der Waals surface area contributed by atoms with Crippen LogP contribution in [0.1, 0.15) is 70.6 Å². The van der Waals surface area contributed by atoms with E-state index in [0.717, 1.165) is 55.7 Å². The Kier molecular flexibility index (Phi) is 7.63. The number of imidazole rings is 1. The number of carbonyl (C=O) groups is 1. The Balaban J connectivity index is 1.10. The number of aromatic carboxylic acids is 1. The van der Waals surface area contributed by atoms with Crippen LogP contribution < -0.4 is 4.74 Å². The summed E-state index contributed by atoms with van der Waals surface area (Å²) in [5, 5.41) is 10.5. The maximum absolute atomic E-state index is 15.4. The van der Waals surface area contributed by atoms with E-state index in [1.807, 2.05) is 16.7 Å². The number of halogens is 4. The third kappa shape index (κ3) is 5.48. The van der Waals surface area contributed by atoms with Gasteiger partial charge < -0.3 is 14.4 Å². The monoisotopic (exact) mass is 637 g/mol. The van der Waals surface area contributed by atoms with Crippen LogP contribution in [0.5, 0.6) is 5.75 Å². The summed E-state index contributed by atoms with van der Waals surface area (Å²) in [4.78, 5) is 18.9. The van der Waals surface area contributed by atoms with Crippen LogP contribution in [0, 0.1) is 5.41 Å². The summed E-state index contributed by atoms with van der Waals surface area (Å²) < 4.78 is 37.7. The molecular formula is C34H31Cl2F2N3O3. The molecule has 2 aliphatic heterocycles. The summed E-state index contributed by atoms with van der Waals surface area (Å²) in [5.41, 5.74) is 3.33. The summed E-state index contributed by atoms with van der Waals surface area (Å²) >= 11 is 12.5. The number of aromatic nitrogens is 2. The number of carboxylic acid groups (broad SMARTS) is 1. The van der Waals surface area contributed by atoms with Crippen LogP contribution in [0.2, 0.25) is 10.0 Å². The van der Waals surface area contributed by atoms with Crippen LogP contribution in [0.3, 0.4) is 0 Å². The second kappa shape index (κ2) is 11.5. The molecule has 0 bridgehead atoms. The van der Waals surface area contributed by atoms with Gasteiger partial charge in [0.2, 0.25) is 0 Å².